The van der Waals surface area contributed by atoms with Crippen LogP contribution in [-0.2, 0) is 20.7 Å². The van der Waals surface area contributed by atoms with Crippen molar-refractivity contribution >= 4 is 41.5 Å². The average Bonchev–Trinajstić information content (AvgIpc) is 2.77. The summed E-state index contributed by atoms with van der Waals surface area (Å²) in [4.78, 5) is 23.8. The third-order valence-corrected chi connectivity index (χ3v) is 5.89. The van der Waals surface area contributed by atoms with Gasteiger partial charge in [0.25, 0.3) is 0 Å². The Labute approximate surface area is 223 Å². The number of aromatic hydroxyl groups is 1. The van der Waals surface area contributed by atoms with E-state index in [2.05, 4.69) is 6.92 Å². The molecule has 0 saturated heterocycles. The van der Waals surface area contributed by atoms with E-state index in [1.807, 2.05) is 0 Å². The number of benzene rings is 1. The number of nitrogens with two attached hydrogens (primary N) is 1. The molecule has 0 bridgehead atoms. The Balaban J connectivity index is 0.0000102. The van der Waals surface area contributed by atoms with Gasteiger partial charge in [0.2, 0.25) is 0 Å². The zero-order valence-corrected chi connectivity index (χ0v) is 20.2. The number of phenolic OH excluding ortho intramolecular Hbond substituents is 1. The van der Waals surface area contributed by atoms with Gasteiger partial charge in [-0.3, -0.25) is 4.79 Å². The van der Waals surface area contributed by atoms with Crippen molar-refractivity contribution < 1.29 is 19.4 Å². The third-order valence-electron chi connectivity index (χ3n) is 5.89. The van der Waals surface area contributed by atoms with Crippen molar-refractivity contribution in [2.45, 2.75) is 122 Å². The van der Waals surface area contributed by atoms with E-state index < -0.39 is 18.0 Å². The number of phenols is 1. The first-order chi connectivity index (χ1) is 15.5. The van der Waals surface area contributed by atoms with Crippen LogP contribution in [-0.4, -0.2) is 52.6 Å². The molecular weight excluding hydrogens is 425 g/mol. The average molecular weight is 472 g/mol. The Morgan fingerprint density at radius 3 is 1.67 bits per heavy atom. The summed E-state index contributed by atoms with van der Waals surface area (Å²) < 4.78 is 4.87. The topological polar surface area (TPSA) is 89.6 Å². The molecule has 1 rings (SSSR count). The molecule has 0 radical (unpaired) electrons. The van der Waals surface area contributed by atoms with Crippen LogP contribution in [0, 0.1) is 0 Å². The van der Waals surface area contributed by atoms with Gasteiger partial charge in [0.05, 0.1) is 0 Å². The fraction of sp³-hybridized carbons (Fsp3) is 0.704. The summed E-state index contributed by atoms with van der Waals surface area (Å²) in [5.74, 6) is -1.03. The molecule has 0 heterocycles. The SMILES string of the molecule is CCCCCCCCCCCCCCCCCC(=O)OC(=O)C(N)Cc1ccc(O)cc1.[NaH]. The van der Waals surface area contributed by atoms with Crippen LogP contribution in [0.15, 0.2) is 24.3 Å². The van der Waals surface area contributed by atoms with Gasteiger partial charge in [0.15, 0.2) is 0 Å². The Kier molecular flexibility index (Phi) is 21.1. The molecule has 0 aliphatic rings. The van der Waals surface area contributed by atoms with Crippen LogP contribution in [0.2, 0.25) is 0 Å². The van der Waals surface area contributed by atoms with Crippen LogP contribution in [0.5, 0.6) is 5.75 Å². The second-order valence-electron chi connectivity index (χ2n) is 8.97. The monoisotopic (exact) mass is 471 g/mol. The molecule has 1 aromatic carbocycles. The summed E-state index contributed by atoms with van der Waals surface area (Å²) in [6, 6.07) is 5.58. The van der Waals surface area contributed by atoms with E-state index in [1.165, 1.54) is 89.2 Å². The van der Waals surface area contributed by atoms with Gasteiger partial charge in [-0.15, -0.1) is 0 Å². The summed E-state index contributed by atoms with van der Waals surface area (Å²) >= 11 is 0. The standard InChI is InChI=1S/C27H45NO4.Na.H/c1-2-3-4-5-6-7-8-9-10-11-12-13-14-15-16-17-26(30)32-27(31)25(28)22-23-18-20-24(29)21-19-23;;/h18-21,25,29H,2-17,22,28H2,1H3;;. The van der Waals surface area contributed by atoms with Gasteiger partial charge >= 0.3 is 41.5 Å². The van der Waals surface area contributed by atoms with Crippen molar-refractivity contribution in [2.24, 2.45) is 5.73 Å². The van der Waals surface area contributed by atoms with Crippen molar-refractivity contribution in [2.75, 3.05) is 0 Å². The van der Waals surface area contributed by atoms with Crippen LogP contribution in [0.25, 0.3) is 0 Å². The number of ether oxygens (including phenoxy) is 1. The first-order valence-electron chi connectivity index (χ1n) is 12.8. The molecule has 33 heavy (non-hydrogen) atoms. The molecule has 0 aromatic heterocycles. The van der Waals surface area contributed by atoms with Crippen molar-refractivity contribution in [1.82, 2.24) is 0 Å². The first-order valence-corrected chi connectivity index (χ1v) is 12.8. The molecule has 0 saturated carbocycles. The van der Waals surface area contributed by atoms with Crippen molar-refractivity contribution in [3.63, 3.8) is 0 Å². The quantitative estimate of drug-likeness (QED) is 0.113. The van der Waals surface area contributed by atoms with Crippen LogP contribution < -0.4 is 5.73 Å². The van der Waals surface area contributed by atoms with Gasteiger partial charge in [-0.05, 0) is 30.5 Å². The molecule has 0 spiro atoms. The number of hydrogen-bond acceptors (Lipinski definition) is 5. The number of unbranched alkanes of at least 4 members (excludes halogenated alkanes) is 14. The zero-order chi connectivity index (χ0) is 23.4. The van der Waals surface area contributed by atoms with Gasteiger partial charge in [-0.25, -0.2) is 4.79 Å². The predicted molar refractivity (Wildman–Crippen MR) is 138 cm³/mol. The van der Waals surface area contributed by atoms with Crippen molar-refractivity contribution in [3.05, 3.63) is 29.8 Å². The van der Waals surface area contributed by atoms with E-state index in [9.17, 15) is 14.7 Å². The third kappa shape index (κ3) is 18.2. The minimum atomic E-state index is -0.885. The van der Waals surface area contributed by atoms with Crippen LogP contribution in [0.4, 0.5) is 0 Å². The summed E-state index contributed by atoms with van der Waals surface area (Å²) in [6.45, 7) is 2.26. The molecule has 1 atom stereocenters. The first kappa shape index (κ1) is 32.1. The van der Waals surface area contributed by atoms with Gasteiger partial charge in [-0.1, -0.05) is 109 Å². The van der Waals surface area contributed by atoms with E-state index in [0.29, 0.717) is 0 Å². The van der Waals surface area contributed by atoms with Crippen LogP contribution in [0.1, 0.15) is 115 Å². The van der Waals surface area contributed by atoms with E-state index >= 15 is 0 Å². The van der Waals surface area contributed by atoms with Gasteiger partial charge in [0, 0.05) is 6.42 Å². The summed E-state index contributed by atoms with van der Waals surface area (Å²) in [6.07, 6.45) is 19.6. The Hall–Kier alpha value is -0.880. The minimum absolute atomic E-state index is 0. The molecule has 0 aliphatic heterocycles. The maximum atomic E-state index is 12.0. The molecule has 0 amide bonds. The number of carbonyl (C=O) groups is 2. The summed E-state index contributed by atoms with van der Waals surface area (Å²) in [5, 5.41) is 9.28. The molecule has 1 unspecified atom stereocenters. The normalized spacial score (nSPS) is 11.6. The number of hydrogen-bond donors (Lipinski definition) is 2. The molecule has 184 valence electrons. The Bertz CT molecular complexity index is 621. The van der Waals surface area contributed by atoms with E-state index in [0.717, 1.165) is 24.8 Å². The second kappa shape index (κ2) is 21.6. The number of carbonyl (C=O) groups excluding carboxylic acids is 2. The van der Waals surface area contributed by atoms with E-state index in [-0.39, 0.29) is 48.1 Å². The van der Waals surface area contributed by atoms with Gasteiger partial charge < -0.3 is 15.6 Å². The van der Waals surface area contributed by atoms with E-state index in [1.54, 1.807) is 12.1 Å². The number of rotatable bonds is 19. The van der Waals surface area contributed by atoms with Gasteiger partial charge in [0.1, 0.15) is 11.8 Å². The maximum absolute atomic E-state index is 12.0. The summed E-state index contributed by atoms with van der Waals surface area (Å²) in [5.41, 5.74) is 6.64. The van der Waals surface area contributed by atoms with Crippen LogP contribution >= 0.6 is 0 Å². The molecule has 1 aromatic rings. The fourth-order valence-electron chi connectivity index (χ4n) is 3.85. The van der Waals surface area contributed by atoms with E-state index in [4.69, 9.17) is 10.5 Å². The zero-order valence-electron chi connectivity index (χ0n) is 20.2. The number of esters is 2. The van der Waals surface area contributed by atoms with Crippen molar-refractivity contribution in [3.8, 4) is 5.75 Å². The van der Waals surface area contributed by atoms with Crippen molar-refractivity contribution in [1.29, 1.82) is 0 Å². The molecule has 6 heteroatoms. The predicted octanol–water partition coefficient (Wildman–Crippen LogP) is 5.94. The molecular formula is C27H46NNaO4. The van der Waals surface area contributed by atoms with Crippen LogP contribution in [0.3, 0.4) is 0 Å². The van der Waals surface area contributed by atoms with Gasteiger partial charge in [-0.2, -0.15) is 0 Å². The summed E-state index contributed by atoms with van der Waals surface area (Å²) in [7, 11) is 0. The molecule has 0 fully saturated rings. The Morgan fingerprint density at radius 1 is 0.788 bits per heavy atom. The molecule has 5 nitrogen and oxygen atoms in total. The Morgan fingerprint density at radius 2 is 1.21 bits per heavy atom. The molecule has 0 aliphatic carbocycles. The molecule has 3 N–H and O–H groups in total. The second-order valence-corrected chi connectivity index (χ2v) is 8.97. The fourth-order valence-corrected chi connectivity index (χ4v) is 3.85.